The van der Waals surface area contributed by atoms with E-state index in [1.165, 1.54) is 6.08 Å². The van der Waals surface area contributed by atoms with E-state index in [-0.39, 0.29) is 11.7 Å². The summed E-state index contributed by atoms with van der Waals surface area (Å²) in [4.78, 5) is 11.3. The molecule has 1 N–H and O–H groups in total. The molecule has 1 aromatic carbocycles. The molecule has 0 aliphatic rings. The number of benzene rings is 1. The van der Waals surface area contributed by atoms with E-state index >= 15 is 0 Å². The quantitative estimate of drug-likeness (QED) is 0.615. The Labute approximate surface area is 95.4 Å². The second kappa shape index (κ2) is 4.84. The van der Waals surface area contributed by atoms with Crippen LogP contribution < -0.4 is 0 Å². The molecule has 0 aliphatic carbocycles. The molecule has 0 radical (unpaired) electrons. The maximum absolute atomic E-state index is 11.3. The van der Waals surface area contributed by atoms with Crippen LogP contribution in [0, 0.1) is 0 Å². The second-order valence-electron chi connectivity index (χ2n) is 4.46. The molecule has 3 heteroatoms. The highest BCUT2D eigenvalue weighted by molar-refractivity contribution is 5.87. The number of esters is 1. The van der Waals surface area contributed by atoms with Crippen LogP contribution in [-0.4, -0.2) is 16.7 Å². The van der Waals surface area contributed by atoms with Crippen LogP contribution >= 0.6 is 0 Å². The Kier molecular flexibility index (Phi) is 3.72. The first-order chi connectivity index (χ1) is 7.37. The molecule has 0 saturated carbocycles. The van der Waals surface area contributed by atoms with Gasteiger partial charge >= 0.3 is 5.97 Å². The Morgan fingerprint density at radius 2 is 1.81 bits per heavy atom. The summed E-state index contributed by atoms with van der Waals surface area (Å²) < 4.78 is 5.11. The van der Waals surface area contributed by atoms with Crippen molar-refractivity contribution in [1.82, 2.24) is 0 Å². The van der Waals surface area contributed by atoms with Gasteiger partial charge in [-0.15, -0.1) is 0 Å². The van der Waals surface area contributed by atoms with Gasteiger partial charge in [0.05, 0.1) is 0 Å². The fourth-order valence-electron chi connectivity index (χ4n) is 1.09. The molecule has 0 saturated heterocycles. The predicted molar refractivity (Wildman–Crippen MR) is 63.0 cm³/mol. The summed E-state index contributed by atoms with van der Waals surface area (Å²) in [6.07, 6.45) is 3.02. The lowest BCUT2D eigenvalue weighted by Crippen LogP contribution is -2.22. The van der Waals surface area contributed by atoms with Crippen LogP contribution in [-0.2, 0) is 9.53 Å². The molecule has 16 heavy (non-hydrogen) atoms. The number of hydrogen-bond acceptors (Lipinski definition) is 3. The summed E-state index contributed by atoms with van der Waals surface area (Å²) in [6, 6.07) is 6.57. The van der Waals surface area contributed by atoms with Crippen LogP contribution in [0.3, 0.4) is 0 Å². The largest absolute Gasteiger partial charge is 0.508 e. The standard InChI is InChI=1S/C13H16O3/c1-13(2,3)16-12(15)9-6-10-4-7-11(14)8-5-10/h4-9,14H,1-3H3. The van der Waals surface area contributed by atoms with Gasteiger partial charge in [0, 0.05) is 6.08 Å². The Hall–Kier alpha value is -1.77. The molecule has 0 aromatic heterocycles. The molecule has 0 amide bonds. The Morgan fingerprint density at radius 3 is 2.31 bits per heavy atom. The molecule has 1 aromatic rings. The number of carbonyl (C=O) groups excluding carboxylic acids is 1. The maximum Gasteiger partial charge on any atom is 0.331 e. The minimum atomic E-state index is -0.476. The molecule has 0 aliphatic heterocycles. The van der Waals surface area contributed by atoms with Gasteiger partial charge in [0.1, 0.15) is 11.4 Å². The average molecular weight is 220 g/mol. The van der Waals surface area contributed by atoms with Gasteiger partial charge in [-0.05, 0) is 44.5 Å². The van der Waals surface area contributed by atoms with Crippen molar-refractivity contribution in [3.05, 3.63) is 35.9 Å². The summed E-state index contributed by atoms with van der Waals surface area (Å²) in [6.45, 7) is 5.46. The average Bonchev–Trinajstić information content (AvgIpc) is 2.14. The van der Waals surface area contributed by atoms with Gasteiger partial charge in [-0.3, -0.25) is 0 Å². The SMILES string of the molecule is CC(C)(C)OC(=O)C=Cc1ccc(O)cc1. The summed E-state index contributed by atoms with van der Waals surface area (Å²) in [5, 5.41) is 9.07. The van der Waals surface area contributed by atoms with Crippen molar-refractivity contribution >= 4 is 12.0 Å². The van der Waals surface area contributed by atoms with Crippen molar-refractivity contribution < 1.29 is 14.6 Å². The van der Waals surface area contributed by atoms with Gasteiger partial charge < -0.3 is 9.84 Å². The molecular formula is C13H16O3. The fraction of sp³-hybridized carbons (Fsp3) is 0.308. The first-order valence-electron chi connectivity index (χ1n) is 5.07. The van der Waals surface area contributed by atoms with Crippen molar-refractivity contribution in [2.45, 2.75) is 26.4 Å². The van der Waals surface area contributed by atoms with Crippen molar-refractivity contribution in [2.24, 2.45) is 0 Å². The predicted octanol–water partition coefficient (Wildman–Crippen LogP) is 2.75. The van der Waals surface area contributed by atoms with E-state index in [2.05, 4.69) is 0 Å². The third kappa shape index (κ3) is 4.64. The zero-order valence-electron chi connectivity index (χ0n) is 9.73. The minimum Gasteiger partial charge on any atom is -0.508 e. The molecule has 0 spiro atoms. The lowest BCUT2D eigenvalue weighted by atomic mass is 10.2. The Morgan fingerprint density at radius 1 is 1.25 bits per heavy atom. The van der Waals surface area contributed by atoms with Crippen molar-refractivity contribution in [1.29, 1.82) is 0 Å². The first kappa shape index (κ1) is 12.3. The maximum atomic E-state index is 11.3. The molecular weight excluding hydrogens is 204 g/mol. The molecule has 0 atom stereocenters. The molecule has 0 unspecified atom stereocenters. The summed E-state index contributed by atoms with van der Waals surface area (Å²) in [5.74, 6) is -0.171. The van der Waals surface area contributed by atoms with Gasteiger partial charge in [0.25, 0.3) is 0 Å². The number of ether oxygens (including phenoxy) is 1. The van der Waals surface area contributed by atoms with E-state index in [1.807, 2.05) is 20.8 Å². The van der Waals surface area contributed by atoms with E-state index in [0.29, 0.717) is 0 Å². The second-order valence-corrected chi connectivity index (χ2v) is 4.46. The van der Waals surface area contributed by atoms with E-state index in [0.717, 1.165) is 5.56 Å². The lowest BCUT2D eigenvalue weighted by molar-refractivity contribution is -0.148. The zero-order chi connectivity index (χ0) is 12.2. The van der Waals surface area contributed by atoms with Crippen LogP contribution in [0.1, 0.15) is 26.3 Å². The van der Waals surface area contributed by atoms with Gasteiger partial charge in [-0.2, -0.15) is 0 Å². The number of phenolic OH excluding ortho intramolecular Hbond substituents is 1. The third-order valence-corrected chi connectivity index (χ3v) is 1.71. The van der Waals surface area contributed by atoms with E-state index < -0.39 is 5.60 Å². The smallest absolute Gasteiger partial charge is 0.331 e. The number of carbonyl (C=O) groups is 1. The summed E-state index contributed by atoms with van der Waals surface area (Å²) in [5.41, 5.74) is 0.361. The van der Waals surface area contributed by atoms with Gasteiger partial charge in [0.2, 0.25) is 0 Å². The molecule has 86 valence electrons. The normalized spacial score (nSPS) is 11.7. The van der Waals surface area contributed by atoms with Crippen LogP contribution in [0.15, 0.2) is 30.3 Å². The number of rotatable bonds is 2. The highest BCUT2D eigenvalue weighted by Gasteiger charge is 2.13. The molecule has 3 nitrogen and oxygen atoms in total. The van der Waals surface area contributed by atoms with E-state index in [4.69, 9.17) is 9.84 Å². The van der Waals surface area contributed by atoms with Crippen molar-refractivity contribution in [3.63, 3.8) is 0 Å². The third-order valence-electron chi connectivity index (χ3n) is 1.71. The number of hydrogen-bond donors (Lipinski definition) is 1. The van der Waals surface area contributed by atoms with Gasteiger partial charge in [-0.25, -0.2) is 4.79 Å². The Bertz CT molecular complexity index is 383. The summed E-state index contributed by atoms with van der Waals surface area (Å²) in [7, 11) is 0. The van der Waals surface area contributed by atoms with Crippen LogP contribution in [0.4, 0.5) is 0 Å². The summed E-state index contributed by atoms with van der Waals surface area (Å²) >= 11 is 0. The van der Waals surface area contributed by atoms with Crippen molar-refractivity contribution in [3.8, 4) is 5.75 Å². The van der Waals surface area contributed by atoms with Gasteiger partial charge in [-0.1, -0.05) is 12.1 Å². The molecule has 1 rings (SSSR count). The Balaban J connectivity index is 2.60. The number of phenols is 1. The van der Waals surface area contributed by atoms with E-state index in [1.54, 1.807) is 30.3 Å². The lowest BCUT2D eigenvalue weighted by Gasteiger charge is -2.17. The van der Waals surface area contributed by atoms with Crippen LogP contribution in [0.2, 0.25) is 0 Å². The van der Waals surface area contributed by atoms with Crippen LogP contribution in [0.5, 0.6) is 5.75 Å². The van der Waals surface area contributed by atoms with Crippen molar-refractivity contribution in [2.75, 3.05) is 0 Å². The zero-order valence-corrected chi connectivity index (χ0v) is 9.73. The monoisotopic (exact) mass is 220 g/mol. The van der Waals surface area contributed by atoms with Crippen LogP contribution in [0.25, 0.3) is 6.08 Å². The highest BCUT2D eigenvalue weighted by atomic mass is 16.6. The minimum absolute atomic E-state index is 0.203. The molecule has 0 fully saturated rings. The van der Waals surface area contributed by atoms with E-state index in [9.17, 15) is 4.79 Å². The first-order valence-corrected chi connectivity index (χ1v) is 5.07. The van der Waals surface area contributed by atoms with Gasteiger partial charge in [0.15, 0.2) is 0 Å². The molecule has 0 bridgehead atoms. The fourth-order valence-corrected chi connectivity index (χ4v) is 1.09. The highest BCUT2D eigenvalue weighted by Crippen LogP contribution is 2.12. The topological polar surface area (TPSA) is 46.5 Å². The number of aromatic hydroxyl groups is 1. The molecule has 0 heterocycles.